The van der Waals surface area contributed by atoms with Crippen LogP contribution in [0.15, 0.2) is 24.3 Å². The van der Waals surface area contributed by atoms with E-state index in [4.69, 9.17) is 5.11 Å². The second-order valence-corrected chi connectivity index (χ2v) is 2.46. The summed E-state index contributed by atoms with van der Waals surface area (Å²) in [5.41, 5.74) is -0.360. The van der Waals surface area contributed by atoms with Crippen molar-refractivity contribution in [2.75, 3.05) is 14.1 Å². The molecule has 0 aliphatic rings. The van der Waals surface area contributed by atoms with Gasteiger partial charge in [-0.15, -0.1) is 0 Å². The molecule has 0 aromatic rings. The van der Waals surface area contributed by atoms with Gasteiger partial charge in [-0.1, -0.05) is 13.2 Å². The van der Waals surface area contributed by atoms with Crippen LogP contribution in [-0.4, -0.2) is 36.0 Å². The molecular formula is C8H11NO3. The summed E-state index contributed by atoms with van der Waals surface area (Å²) in [5.74, 6) is -1.67. The lowest BCUT2D eigenvalue weighted by Crippen LogP contribution is -2.25. The summed E-state index contributed by atoms with van der Waals surface area (Å²) in [6, 6.07) is 0. The minimum absolute atomic E-state index is 0.0903. The van der Waals surface area contributed by atoms with E-state index in [0.29, 0.717) is 0 Å². The molecule has 0 saturated carbocycles. The second-order valence-electron chi connectivity index (χ2n) is 2.46. The first-order chi connectivity index (χ1) is 5.37. The maximum absolute atomic E-state index is 11.1. The first kappa shape index (κ1) is 10.4. The number of nitrogens with zero attached hydrogens (tertiary/aromatic N) is 1. The van der Waals surface area contributed by atoms with E-state index in [2.05, 4.69) is 13.2 Å². The van der Waals surface area contributed by atoms with Crippen molar-refractivity contribution < 1.29 is 14.7 Å². The van der Waals surface area contributed by atoms with Crippen LogP contribution in [0.2, 0.25) is 0 Å². The number of hydrogen-bond acceptors (Lipinski definition) is 2. The fourth-order valence-corrected chi connectivity index (χ4v) is 0.528. The van der Waals surface area contributed by atoms with Gasteiger partial charge in [0.2, 0.25) is 0 Å². The zero-order chi connectivity index (χ0) is 9.89. The number of carboxylic acid groups (broad SMARTS) is 1. The van der Waals surface area contributed by atoms with Crippen LogP contribution in [0, 0.1) is 0 Å². The van der Waals surface area contributed by atoms with Crippen molar-refractivity contribution in [3.63, 3.8) is 0 Å². The Labute approximate surface area is 70.8 Å². The molecular weight excluding hydrogens is 158 g/mol. The molecule has 0 fully saturated rings. The van der Waals surface area contributed by atoms with Crippen LogP contribution >= 0.6 is 0 Å². The fourth-order valence-electron chi connectivity index (χ4n) is 0.528. The lowest BCUT2D eigenvalue weighted by atomic mass is 10.1. The largest absolute Gasteiger partial charge is 0.478 e. The van der Waals surface area contributed by atoms with Crippen LogP contribution in [0.25, 0.3) is 0 Å². The average Bonchev–Trinajstić information content (AvgIpc) is 2.00. The summed E-state index contributed by atoms with van der Waals surface area (Å²) in [4.78, 5) is 22.7. The Morgan fingerprint density at radius 1 is 1.17 bits per heavy atom. The maximum Gasteiger partial charge on any atom is 0.335 e. The highest BCUT2D eigenvalue weighted by Crippen LogP contribution is 2.07. The summed E-state index contributed by atoms with van der Waals surface area (Å²) in [7, 11) is 3.03. The monoisotopic (exact) mass is 169 g/mol. The Balaban J connectivity index is 4.52. The first-order valence-corrected chi connectivity index (χ1v) is 3.21. The molecule has 0 aliphatic carbocycles. The van der Waals surface area contributed by atoms with E-state index in [1.807, 2.05) is 0 Å². The molecule has 66 valence electrons. The van der Waals surface area contributed by atoms with E-state index in [-0.39, 0.29) is 11.1 Å². The number of aliphatic carboxylic acids is 1. The molecule has 0 rings (SSSR count). The quantitative estimate of drug-likeness (QED) is 0.487. The Kier molecular flexibility index (Phi) is 3.22. The van der Waals surface area contributed by atoms with E-state index in [0.717, 1.165) is 0 Å². The molecule has 0 aromatic heterocycles. The van der Waals surface area contributed by atoms with E-state index in [1.54, 1.807) is 0 Å². The lowest BCUT2D eigenvalue weighted by Gasteiger charge is -2.11. The van der Waals surface area contributed by atoms with Gasteiger partial charge in [-0.2, -0.15) is 0 Å². The number of hydrogen-bond donors (Lipinski definition) is 1. The number of carboxylic acids is 1. The highest BCUT2D eigenvalue weighted by molar-refractivity contribution is 6.07. The molecule has 0 spiro atoms. The van der Waals surface area contributed by atoms with Gasteiger partial charge in [0.05, 0.1) is 5.57 Å². The molecule has 0 saturated heterocycles. The molecule has 0 bridgehead atoms. The van der Waals surface area contributed by atoms with Crippen LogP contribution in [0.5, 0.6) is 0 Å². The van der Waals surface area contributed by atoms with Crippen LogP contribution in [0.1, 0.15) is 0 Å². The minimum atomic E-state index is -1.23. The van der Waals surface area contributed by atoms with Crippen molar-refractivity contribution >= 4 is 11.9 Å². The van der Waals surface area contributed by atoms with E-state index >= 15 is 0 Å². The van der Waals surface area contributed by atoms with Crippen LogP contribution in [-0.2, 0) is 9.59 Å². The number of likely N-dealkylation sites (N-methyl/N-ethyl adjacent to an activating group) is 1. The van der Waals surface area contributed by atoms with Crippen molar-refractivity contribution in [2.24, 2.45) is 0 Å². The molecule has 0 aliphatic heterocycles. The molecule has 0 heterocycles. The fraction of sp³-hybridized carbons (Fsp3) is 0.250. The van der Waals surface area contributed by atoms with Crippen LogP contribution in [0.4, 0.5) is 0 Å². The van der Waals surface area contributed by atoms with E-state index in [9.17, 15) is 9.59 Å². The zero-order valence-corrected chi connectivity index (χ0v) is 7.13. The highest BCUT2D eigenvalue weighted by atomic mass is 16.4. The second kappa shape index (κ2) is 3.71. The SMILES string of the molecule is C=C(C(=C)C(=O)N(C)C)C(=O)O. The maximum atomic E-state index is 11.1. The Morgan fingerprint density at radius 3 is 1.83 bits per heavy atom. The van der Waals surface area contributed by atoms with Gasteiger partial charge in [-0.05, 0) is 0 Å². The van der Waals surface area contributed by atoms with Crippen LogP contribution in [0.3, 0.4) is 0 Å². The molecule has 4 nitrogen and oxygen atoms in total. The smallest absolute Gasteiger partial charge is 0.335 e. The zero-order valence-electron chi connectivity index (χ0n) is 7.13. The van der Waals surface area contributed by atoms with Crippen molar-refractivity contribution in [1.29, 1.82) is 0 Å². The van der Waals surface area contributed by atoms with Gasteiger partial charge in [0.15, 0.2) is 0 Å². The molecule has 0 atom stereocenters. The van der Waals surface area contributed by atoms with Gasteiger partial charge in [0.25, 0.3) is 5.91 Å². The van der Waals surface area contributed by atoms with Gasteiger partial charge in [-0.25, -0.2) is 4.79 Å². The summed E-state index contributed by atoms with van der Waals surface area (Å²) in [5, 5.41) is 8.45. The highest BCUT2D eigenvalue weighted by Gasteiger charge is 2.16. The third-order valence-corrected chi connectivity index (χ3v) is 1.29. The third kappa shape index (κ3) is 2.23. The van der Waals surface area contributed by atoms with Crippen molar-refractivity contribution in [3.8, 4) is 0 Å². The molecule has 12 heavy (non-hydrogen) atoms. The Bertz CT molecular complexity index is 253. The van der Waals surface area contributed by atoms with Gasteiger partial charge in [-0.3, -0.25) is 4.79 Å². The average molecular weight is 169 g/mol. The number of amides is 1. The lowest BCUT2D eigenvalue weighted by molar-refractivity contribution is -0.133. The molecule has 0 radical (unpaired) electrons. The summed E-state index contributed by atoms with van der Waals surface area (Å²) >= 11 is 0. The van der Waals surface area contributed by atoms with Gasteiger partial charge < -0.3 is 10.0 Å². The third-order valence-electron chi connectivity index (χ3n) is 1.29. The van der Waals surface area contributed by atoms with Crippen LogP contribution < -0.4 is 0 Å². The Morgan fingerprint density at radius 2 is 1.58 bits per heavy atom. The minimum Gasteiger partial charge on any atom is -0.478 e. The van der Waals surface area contributed by atoms with Crippen molar-refractivity contribution in [3.05, 3.63) is 24.3 Å². The topological polar surface area (TPSA) is 57.6 Å². The number of carbonyl (C=O) groups is 2. The van der Waals surface area contributed by atoms with E-state index in [1.165, 1.54) is 19.0 Å². The summed E-state index contributed by atoms with van der Waals surface area (Å²) < 4.78 is 0. The summed E-state index contributed by atoms with van der Waals surface area (Å²) in [6.45, 7) is 6.54. The van der Waals surface area contributed by atoms with Crippen molar-refractivity contribution in [2.45, 2.75) is 0 Å². The molecule has 1 N–H and O–H groups in total. The first-order valence-electron chi connectivity index (χ1n) is 3.21. The number of carbonyl (C=O) groups excluding carboxylic acids is 1. The predicted molar refractivity (Wildman–Crippen MR) is 44.6 cm³/mol. The van der Waals surface area contributed by atoms with E-state index < -0.39 is 11.9 Å². The van der Waals surface area contributed by atoms with Gasteiger partial charge in [0.1, 0.15) is 0 Å². The van der Waals surface area contributed by atoms with Crippen molar-refractivity contribution in [1.82, 2.24) is 4.90 Å². The predicted octanol–water partition coefficient (Wildman–Crippen LogP) is 0.272. The molecule has 1 amide bonds. The normalized spacial score (nSPS) is 8.83. The van der Waals surface area contributed by atoms with Gasteiger partial charge in [0, 0.05) is 19.7 Å². The van der Waals surface area contributed by atoms with Gasteiger partial charge >= 0.3 is 5.97 Å². The molecule has 0 unspecified atom stereocenters. The molecule has 0 aromatic carbocycles. The standard InChI is InChI=1S/C8H11NO3/c1-5(6(2)8(11)12)7(10)9(3)4/h1-2H2,3-4H3,(H,11,12). The Hall–Kier alpha value is -1.58. The molecule has 4 heteroatoms. The summed E-state index contributed by atoms with van der Waals surface area (Å²) in [6.07, 6.45) is 0. The number of rotatable bonds is 3.